The minimum Gasteiger partial charge on any atom is -0.474 e. The Bertz CT molecular complexity index is 1480. The molecule has 0 bridgehead atoms. The summed E-state index contributed by atoms with van der Waals surface area (Å²) in [5.74, 6) is 1.11. The van der Waals surface area contributed by atoms with Crippen LogP contribution in [0.2, 0.25) is 0 Å². The smallest absolute Gasteiger partial charge is 0.259 e. The Morgan fingerprint density at radius 2 is 1.62 bits per heavy atom. The van der Waals surface area contributed by atoms with Crippen LogP contribution in [0.5, 0.6) is 17.6 Å². The summed E-state index contributed by atoms with van der Waals surface area (Å²) in [6.45, 7) is 0. The third kappa shape index (κ3) is 3.68. The van der Waals surface area contributed by atoms with E-state index in [4.69, 9.17) is 14.7 Å². The van der Waals surface area contributed by atoms with Gasteiger partial charge < -0.3 is 18.9 Å². The number of pyridine rings is 3. The number of benzene rings is 1. The number of aromatic nitrogens is 4. The lowest BCUT2D eigenvalue weighted by molar-refractivity contribution is -0.142. The second-order valence-electron chi connectivity index (χ2n) is 8.43. The highest BCUT2D eigenvalue weighted by atomic mass is 17.1. The van der Waals surface area contributed by atoms with Crippen LogP contribution in [-0.2, 0) is 7.05 Å². The molecule has 0 aliphatic heterocycles. The van der Waals surface area contributed by atoms with E-state index in [1.807, 2.05) is 36.8 Å². The first kappa shape index (κ1) is 20.4. The second kappa shape index (κ2) is 8.31. The molecule has 0 amide bonds. The van der Waals surface area contributed by atoms with Gasteiger partial charge in [0.05, 0.1) is 5.52 Å². The third-order valence-corrected chi connectivity index (χ3v) is 6.30. The van der Waals surface area contributed by atoms with E-state index in [0.29, 0.717) is 11.8 Å². The van der Waals surface area contributed by atoms with E-state index in [1.54, 1.807) is 18.2 Å². The van der Waals surface area contributed by atoms with E-state index < -0.39 is 0 Å². The standard InChI is InChI=1S/C26H22N4O4/c1-30-22-9-10-27-15-21(22)20-7-5-16(11-23(20)30)17-6-8-24(28-14-17)32-18-12-19(13-18)33-25-3-2-4-26(29-25)34-31/h2-11,14-15,18-19,31H,12-13H2,1H3. The van der Waals surface area contributed by atoms with E-state index in [1.165, 1.54) is 5.39 Å². The molecular weight excluding hydrogens is 432 g/mol. The lowest BCUT2D eigenvalue weighted by Gasteiger charge is -2.34. The molecule has 1 aromatic carbocycles. The average molecular weight is 454 g/mol. The number of aryl methyl sites for hydroxylation is 1. The van der Waals surface area contributed by atoms with Crippen LogP contribution in [0.1, 0.15) is 12.8 Å². The first-order chi connectivity index (χ1) is 16.7. The SMILES string of the molecule is Cn1c2ccncc2c2ccc(-c3ccc(OC4CC(Oc5cccc(OO)n5)C4)nc3)cc21. The Kier molecular flexibility index (Phi) is 5.00. The highest BCUT2D eigenvalue weighted by Gasteiger charge is 2.33. The Morgan fingerprint density at radius 3 is 2.41 bits per heavy atom. The van der Waals surface area contributed by atoms with Gasteiger partial charge in [0.15, 0.2) is 0 Å². The largest absolute Gasteiger partial charge is 0.474 e. The fraction of sp³-hybridized carbons (Fsp3) is 0.192. The summed E-state index contributed by atoms with van der Waals surface area (Å²) in [7, 11) is 2.08. The lowest BCUT2D eigenvalue weighted by atomic mass is 9.92. The molecule has 1 N–H and O–H groups in total. The Labute approximate surface area is 195 Å². The lowest BCUT2D eigenvalue weighted by Crippen LogP contribution is -2.41. The summed E-state index contributed by atoms with van der Waals surface area (Å²) in [5.41, 5.74) is 4.46. The molecule has 0 radical (unpaired) electrons. The first-order valence-electron chi connectivity index (χ1n) is 11.1. The maximum absolute atomic E-state index is 8.71. The minimum absolute atomic E-state index is 0.00782. The van der Waals surface area contributed by atoms with Gasteiger partial charge in [0, 0.05) is 78.5 Å². The number of hydrogen-bond donors (Lipinski definition) is 1. The molecule has 34 heavy (non-hydrogen) atoms. The molecule has 5 aromatic rings. The van der Waals surface area contributed by atoms with Gasteiger partial charge in [-0.3, -0.25) is 4.98 Å². The van der Waals surface area contributed by atoms with Gasteiger partial charge in [0.1, 0.15) is 12.2 Å². The molecule has 1 saturated carbocycles. The minimum atomic E-state index is 0.00782. The van der Waals surface area contributed by atoms with Gasteiger partial charge in [0.25, 0.3) is 5.88 Å². The van der Waals surface area contributed by atoms with Gasteiger partial charge >= 0.3 is 0 Å². The molecule has 4 aromatic heterocycles. The average Bonchev–Trinajstić information content (AvgIpc) is 3.15. The zero-order valence-corrected chi connectivity index (χ0v) is 18.5. The Morgan fingerprint density at radius 1 is 0.824 bits per heavy atom. The molecule has 0 spiro atoms. The number of ether oxygens (including phenoxy) is 2. The van der Waals surface area contributed by atoms with Crippen LogP contribution in [0.15, 0.2) is 73.2 Å². The molecule has 0 unspecified atom stereocenters. The number of hydrogen-bond acceptors (Lipinski definition) is 7. The van der Waals surface area contributed by atoms with Crippen molar-refractivity contribution in [2.75, 3.05) is 0 Å². The topological polar surface area (TPSA) is 91.5 Å². The molecule has 8 heteroatoms. The summed E-state index contributed by atoms with van der Waals surface area (Å²) in [6.07, 6.45) is 7.11. The van der Waals surface area contributed by atoms with Crippen LogP contribution in [0.4, 0.5) is 0 Å². The van der Waals surface area contributed by atoms with Crippen molar-refractivity contribution in [2.45, 2.75) is 25.0 Å². The molecule has 6 rings (SSSR count). The summed E-state index contributed by atoms with van der Waals surface area (Å²) < 4.78 is 14.0. The van der Waals surface area contributed by atoms with E-state index in [0.717, 1.165) is 40.4 Å². The van der Waals surface area contributed by atoms with Gasteiger partial charge in [0.2, 0.25) is 11.8 Å². The summed E-state index contributed by atoms with van der Waals surface area (Å²) in [5, 5.41) is 11.0. The van der Waals surface area contributed by atoms with E-state index in [2.05, 4.69) is 49.7 Å². The zero-order chi connectivity index (χ0) is 23.1. The van der Waals surface area contributed by atoms with Crippen LogP contribution in [0, 0.1) is 0 Å². The van der Waals surface area contributed by atoms with Gasteiger partial charge in [-0.25, -0.2) is 10.2 Å². The van der Waals surface area contributed by atoms with Crippen molar-refractivity contribution in [3.05, 3.63) is 73.2 Å². The molecule has 8 nitrogen and oxygen atoms in total. The van der Waals surface area contributed by atoms with Crippen molar-refractivity contribution in [1.29, 1.82) is 0 Å². The monoisotopic (exact) mass is 454 g/mol. The number of nitrogens with zero attached hydrogens (tertiary/aromatic N) is 4. The van der Waals surface area contributed by atoms with Crippen LogP contribution in [0.3, 0.4) is 0 Å². The van der Waals surface area contributed by atoms with E-state index >= 15 is 0 Å². The highest BCUT2D eigenvalue weighted by Crippen LogP contribution is 2.32. The normalized spacial score (nSPS) is 17.5. The fourth-order valence-electron chi connectivity index (χ4n) is 4.42. The molecule has 4 heterocycles. The van der Waals surface area contributed by atoms with Crippen molar-refractivity contribution in [1.82, 2.24) is 19.5 Å². The van der Waals surface area contributed by atoms with Crippen LogP contribution in [-0.4, -0.2) is 37.0 Å². The van der Waals surface area contributed by atoms with Crippen molar-refractivity contribution in [3.8, 4) is 28.8 Å². The van der Waals surface area contributed by atoms with E-state index in [-0.39, 0.29) is 18.1 Å². The van der Waals surface area contributed by atoms with Crippen molar-refractivity contribution < 1.29 is 19.6 Å². The van der Waals surface area contributed by atoms with Gasteiger partial charge in [-0.1, -0.05) is 18.2 Å². The Balaban J connectivity index is 1.11. The van der Waals surface area contributed by atoms with Crippen LogP contribution >= 0.6 is 0 Å². The quantitative estimate of drug-likeness (QED) is 0.284. The van der Waals surface area contributed by atoms with Gasteiger partial charge in [-0.15, -0.1) is 0 Å². The molecule has 1 aliphatic carbocycles. The fourth-order valence-corrected chi connectivity index (χ4v) is 4.42. The third-order valence-electron chi connectivity index (χ3n) is 6.30. The molecule has 0 atom stereocenters. The second-order valence-corrected chi connectivity index (χ2v) is 8.43. The van der Waals surface area contributed by atoms with Gasteiger partial charge in [-0.2, -0.15) is 4.98 Å². The molecule has 0 saturated heterocycles. The predicted octanol–water partition coefficient (Wildman–Crippen LogP) is 5.02. The van der Waals surface area contributed by atoms with Crippen molar-refractivity contribution in [3.63, 3.8) is 0 Å². The molecule has 1 fully saturated rings. The molecular formula is C26H22N4O4. The zero-order valence-electron chi connectivity index (χ0n) is 18.5. The highest BCUT2D eigenvalue weighted by molar-refractivity contribution is 6.08. The van der Waals surface area contributed by atoms with Crippen LogP contribution < -0.4 is 14.4 Å². The Hall–Kier alpha value is -4.17. The van der Waals surface area contributed by atoms with Crippen LogP contribution in [0.25, 0.3) is 32.9 Å². The molecule has 170 valence electrons. The van der Waals surface area contributed by atoms with Gasteiger partial charge in [-0.05, 0) is 23.8 Å². The maximum atomic E-state index is 8.71. The first-order valence-corrected chi connectivity index (χ1v) is 11.1. The summed E-state index contributed by atoms with van der Waals surface area (Å²) in [4.78, 5) is 17.0. The maximum Gasteiger partial charge on any atom is 0.259 e. The van der Waals surface area contributed by atoms with Crippen molar-refractivity contribution >= 4 is 21.8 Å². The summed E-state index contributed by atoms with van der Waals surface area (Å²) in [6, 6.07) is 17.4. The van der Waals surface area contributed by atoms with E-state index in [9.17, 15) is 0 Å². The number of fused-ring (bicyclic) bond motifs is 3. The predicted molar refractivity (Wildman–Crippen MR) is 127 cm³/mol. The summed E-state index contributed by atoms with van der Waals surface area (Å²) >= 11 is 0. The van der Waals surface area contributed by atoms with Crippen molar-refractivity contribution in [2.24, 2.45) is 7.05 Å². The molecule has 1 aliphatic rings. The number of rotatable bonds is 6.